The van der Waals surface area contributed by atoms with E-state index in [2.05, 4.69) is 4.98 Å². The number of hydrogen-bond acceptors (Lipinski definition) is 0. The summed E-state index contributed by atoms with van der Waals surface area (Å²) in [6.45, 7) is 0. The standard InChI is InChI=1S/C12H11ClFN/c13-11-9(14)6-5-8-7-3-1-2-4-10(7)15-12(8)11/h5-6,15H,1-4H2. The van der Waals surface area contributed by atoms with E-state index in [1.54, 1.807) is 0 Å². The van der Waals surface area contributed by atoms with Gasteiger partial charge in [0.2, 0.25) is 0 Å². The summed E-state index contributed by atoms with van der Waals surface area (Å²) >= 11 is 5.94. The van der Waals surface area contributed by atoms with Gasteiger partial charge in [0.25, 0.3) is 0 Å². The summed E-state index contributed by atoms with van der Waals surface area (Å²) < 4.78 is 13.3. The minimum Gasteiger partial charge on any atom is -0.357 e. The topological polar surface area (TPSA) is 15.8 Å². The Morgan fingerprint density at radius 3 is 2.87 bits per heavy atom. The van der Waals surface area contributed by atoms with Gasteiger partial charge in [-0.15, -0.1) is 0 Å². The molecule has 0 bridgehead atoms. The van der Waals surface area contributed by atoms with Crippen LogP contribution in [-0.2, 0) is 12.8 Å². The van der Waals surface area contributed by atoms with Crippen LogP contribution in [0.25, 0.3) is 10.9 Å². The predicted octanol–water partition coefficient (Wildman–Crippen LogP) is 3.84. The molecule has 2 aromatic rings. The van der Waals surface area contributed by atoms with Gasteiger partial charge in [-0.1, -0.05) is 11.6 Å². The number of aromatic nitrogens is 1. The van der Waals surface area contributed by atoms with Crippen molar-refractivity contribution in [3.05, 3.63) is 34.2 Å². The second-order valence-electron chi connectivity index (χ2n) is 4.07. The van der Waals surface area contributed by atoms with Crippen LogP contribution < -0.4 is 0 Å². The molecule has 1 aliphatic carbocycles. The molecule has 0 unspecified atom stereocenters. The van der Waals surface area contributed by atoms with Gasteiger partial charge in [-0.2, -0.15) is 0 Å². The lowest BCUT2D eigenvalue weighted by molar-refractivity contribution is 0.630. The zero-order valence-electron chi connectivity index (χ0n) is 8.24. The Bertz CT molecular complexity index is 530. The number of rotatable bonds is 0. The lowest BCUT2D eigenvalue weighted by Gasteiger charge is -2.10. The fourth-order valence-electron chi connectivity index (χ4n) is 2.42. The maximum atomic E-state index is 13.3. The fourth-order valence-corrected chi connectivity index (χ4v) is 2.63. The molecule has 0 fully saturated rings. The summed E-state index contributed by atoms with van der Waals surface area (Å²) in [5.41, 5.74) is 3.34. The van der Waals surface area contributed by atoms with Gasteiger partial charge in [-0.05, 0) is 43.4 Å². The molecule has 15 heavy (non-hydrogen) atoms. The third kappa shape index (κ3) is 1.28. The minimum atomic E-state index is -0.345. The summed E-state index contributed by atoms with van der Waals surface area (Å²) in [6, 6.07) is 3.28. The zero-order chi connectivity index (χ0) is 10.4. The molecule has 0 amide bonds. The molecule has 0 aliphatic heterocycles. The van der Waals surface area contributed by atoms with E-state index in [9.17, 15) is 4.39 Å². The van der Waals surface area contributed by atoms with E-state index >= 15 is 0 Å². The van der Waals surface area contributed by atoms with Crippen molar-refractivity contribution in [3.8, 4) is 0 Å². The van der Waals surface area contributed by atoms with Crippen LogP contribution in [0.15, 0.2) is 12.1 Å². The number of aromatic amines is 1. The first-order chi connectivity index (χ1) is 7.27. The van der Waals surface area contributed by atoms with Crippen LogP contribution >= 0.6 is 11.6 Å². The number of benzene rings is 1. The van der Waals surface area contributed by atoms with Crippen LogP contribution in [0.5, 0.6) is 0 Å². The fraction of sp³-hybridized carbons (Fsp3) is 0.333. The number of hydrogen-bond donors (Lipinski definition) is 1. The van der Waals surface area contributed by atoms with E-state index in [0.29, 0.717) is 0 Å². The first-order valence-electron chi connectivity index (χ1n) is 5.25. The van der Waals surface area contributed by atoms with Crippen molar-refractivity contribution in [1.29, 1.82) is 0 Å². The molecule has 0 radical (unpaired) electrons. The average molecular weight is 224 g/mol. The van der Waals surface area contributed by atoms with Crippen LogP contribution in [0.3, 0.4) is 0 Å². The Kier molecular flexibility index (Phi) is 1.99. The van der Waals surface area contributed by atoms with E-state index in [1.807, 2.05) is 6.07 Å². The number of aryl methyl sites for hydroxylation is 2. The minimum absolute atomic E-state index is 0.224. The number of H-pyrrole nitrogens is 1. The SMILES string of the molecule is Fc1ccc2c3c([nH]c2c1Cl)CCCC3. The summed E-state index contributed by atoms with van der Waals surface area (Å²) in [5, 5.41) is 1.32. The molecule has 1 nitrogen and oxygen atoms in total. The second kappa shape index (κ2) is 3.24. The van der Waals surface area contributed by atoms with Crippen molar-refractivity contribution >= 4 is 22.5 Å². The largest absolute Gasteiger partial charge is 0.357 e. The molecule has 1 aromatic heterocycles. The van der Waals surface area contributed by atoms with Crippen molar-refractivity contribution in [2.45, 2.75) is 25.7 Å². The molecule has 0 spiro atoms. The van der Waals surface area contributed by atoms with E-state index in [0.717, 1.165) is 23.7 Å². The Balaban J connectivity index is 2.36. The van der Waals surface area contributed by atoms with Crippen LogP contribution in [0.4, 0.5) is 4.39 Å². The third-order valence-electron chi connectivity index (χ3n) is 3.16. The first kappa shape index (κ1) is 9.22. The Morgan fingerprint density at radius 1 is 1.20 bits per heavy atom. The third-order valence-corrected chi connectivity index (χ3v) is 3.53. The lowest BCUT2D eigenvalue weighted by atomic mass is 9.96. The van der Waals surface area contributed by atoms with Crippen LogP contribution in [0, 0.1) is 5.82 Å². The van der Waals surface area contributed by atoms with Crippen LogP contribution in [0.1, 0.15) is 24.1 Å². The van der Waals surface area contributed by atoms with Gasteiger partial charge in [0, 0.05) is 11.1 Å². The Morgan fingerprint density at radius 2 is 2.00 bits per heavy atom. The van der Waals surface area contributed by atoms with Gasteiger partial charge in [-0.25, -0.2) is 4.39 Å². The number of halogens is 2. The highest BCUT2D eigenvalue weighted by molar-refractivity contribution is 6.35. The molecule has 3 heteroatoms. The van der Waals surface area contributed by atoms with Crippen molar-refractivity contribution in [2.24, 2.45) is 0 Å². The Labute approximate surface area is 92.2 Å². The summed E-state index contributed by atoms with van der Waals surface area (Å²) in [7, 11) is 0. The first-order valence-corrected chi connectivity index (χ1v) is 5.62. The maximum absolute atomic E-state index is 13.3. The summed E-state index contributed by atoms with van der Waals surface area (Å²) in [6.07, 6.45) is 4.56. The summed E-state index contributed by atoms with van der Waals surface area (Å²) in [5.74, 6) is -0.345. The quantitative estimate of drug-likeness (QED) is 0.699. The smallest absolute Gasteiger partial charge is 0.143 e. The van der Waals surface area contributed by atoms with Gasteiger partial charge in [0.1, 0.15) is 10.8 Å². The van der Waals surface area contributed by atoms with Crippen molar-refractivity contribution in [2.75, 3.05) is 0 Å². The van der Waals surface area contributed by atoms with Gasteiger partial charge >= 0.3 is 0 Å². The van der Waals surface area contributed by atoms with Crippen molar-refractivity contribution in [3.63, 3.8) is 0 Å². The average Bonchev–Trinajstić information content (AvgIpc) is 2.63. The van der Waals surface area contributed by atoms with E-state index in [-0.39, 0.29) is 10.8 Å². The van der Waals surface area contributed by atoms with Crippen LogP contribution in [-0.4, -0.2) is 4.98 Å². The Hall–Kier alpha value is -1.02. The van der Waals surface area contributed by atoms with Gasteiger partial charge in [0.15, 0.2) is 0 Å². The second-order valence-corrected chi connectivity index (χ2v) is 4.45. The molecule has 3 rings (SSSR count). The molecule has 1 heterocycles. The van der Waals surface area contributed by atoms with Gasteiger partial charge < -0.3 is 4.98 Å². The normalized spacial score (nSPS) is 15.6. The molecule has 78 valence electrons. The van der Waals surface area contributed by atoms with Gasteiger partial charge in [-0.3, -0.25) is 0 Å². The molecular formula is C12H11ClFN. The molecule has 0 atom stereocenters. The molecular weight excluding hydrogens is 213 g/mol. The number of fused-ring (bicyclic) bond motifs is 3. The highest BCUT2D eigenvalue weighted by Crippen LogP contribution is 2.33. The van der Waals surface area contributed by atoms with Crippen LogP contribution in [0.2, 0.25) is 5.02 Å². The van der Waals surface area contributed by atoms with Gasteiger partial charge in [0.05, 0.1) is 5.52 Å². The zero-order valence-corrected chi connectivity index (χ0v) is 8.99. The van der Waals surface area contributed by atoms with Crippen molar-refractivity contribution < 1.29 is 4.39 Å². The van der Waals surface area contributed by atoms with E-state index in [1.165, 1.54) is 30.2 Å². The van der Waals surface area contributed by atoms with E-state index in [4.69, 9.17) is 11.6 Å². The highest BCUT2D eigenvalue weighted by atomic mass is 35.5. The molecule has 1 aliphatic rings. The predicted molar refractivity (Wildman–Crippen MR) is 59.9 cm³/mol. The molecule has 0 saturated carbocycles. The maximum Gasteiger partial charge on any atom is 0.143 e. The summed E-state index contributed by atoms with van der Waals surface area (Å²) in [4.78, 5) is 3.25. The molecule has 0 saturated heterocycles. The molecule has 1 N–H and O–H groups in total. The van der Waals surface area contributed by atoms with Crippen molar-refractivity contribution in [1.82, 2.24) is 4.98 Å². The lowest BCUT2D eigenvalue weighted by Crippen LogP contribution is -1.99. The monoisotopic (exact) mass is 223 g/mol. The van der Waals surface area contributed by atoms with E-state index < -0.39 is 0 Å². The highest BCUT2D eigenvalue weighted by Gasteiger charge is 2.17. The number of nitrogens with one attached hydrogen (secondary N) is 1. The molecule has 1 aromatic carbocycles.